The van der Waals surface area contributed by atoms with Crippen molar-refractivity contribution in [3.63, 3.8) is 0 Å². The summed E-state index contributed by atoms with van der Waals surface area (Å²) >= 11 is 0. The molecular formula is C37H41N5O2. The Morgan fingerprint density at radius 1 is 0.932 bits per heavy atom. The fraction of sp³-hybridized carbons (Fsp3) is 0.297. The summed E-state index contributed by atoms with van der Waals surface area (Å²) < 4.78 is 13.1. The molecule has 0 spiro atoms. The number of nitrogens with zero attached hydrogens (tertiary/aromatic N) is 3. The molecule has 1 aliphatic rings. The smallest absolute Gasteiger partial charge is 0.164 e. The van der Waals surface area contributed by atoms with Crippen LogP contribution in [0.25, 0.3) is 11.0 Å². The van der Waals surface area contributed by atoms with E-state index in [0.29, 0.717) is 13.0 Å². The molecule has 1 aliphatic heterocycles. The summed E-state index contributed by atoms with van der Waals surface area (Å²) in [6.45, 7) is 11.8. The van der Waals surface area contributed by atoms with Crippen LogP contribution >= 0.6 is 0 Å². The second-order valence-electron chi connectivity index (χ2n) is 11.9. The summed E-state index contributed by atoms with van der Waals surface area (Å²) in [6, 6.07) is 31.7. The molecular weight excluding hydrogens is 546 g/mol. The van der Waals surface area contributed by atoms with Crippen molar-refractivity contribution in [2.75, 3.05) is 5.32 Å². The highest BCUT2D eigenvalue weighted by Crippen LogP contribution is 2.38. The molecule has 226 valence electrons. The highest BCUT2D eigenvalue weighted by atomic mass is 16.8. The number of nitrogens with one attached hydrogen (secondary N) is 2. The van der Waals surface area contributed by atoms with Gasteiger partial charge in [0.05, 0.1) is 5.52 Å². The second-order valence-corrected chi connectivity index (χ2v) is 11.9. The molecule has 4 atom stereocenters. The molecule has 1 fully saturated rings. The SMILES string of the molecule is C=C[C@H]1OC(C)(C)O[C@H]1[C@H](Cc1c[nH]c2c(NCc3ccccc3)ncnc12)N(Cc1ccccc1)[C@H](C)c1ccccc1. The fourth-order valence-electron chi connectivity index (χ4n) is 6.27. The van der Waals surface area contributed by atoms with E-state index in [4.69, 9.17) is 14.5 Å². The Morgan fingerprint density at radius 2 is 1.59 bits per heavy atom. The van der Waals surface area contributed by atoms with Gasteiger partial charge in [0.15, 0.2) is 11.6 Å². The number of hydrogen-bond acceptors (Lipinski definition) is 6. The molecule has 0 radical (unpaired) electrons. The Kier molecular flexibility index (Phi) is 8.89. The first-order chi connectivity index (χ1) is 21.4. The maximum absolute atomic E-state index is 6.70. The van der Waals surface area contributed by atoms with E-state index in [0.717, 1.165) is 29.0 Å². The van der Waals surface area contributed by atoms with Gasteiger partial charge in [0, 0.05) is 31.4 Å². The van der Waals surface area contributed by atoms with Crippen LogP contribution in [0, 0.1) is 0 Å². The van der Waals surface area contributed by atoms with Crippen molar-refractivity contribution >= 4 is 16.9 Å². The summed E-state index contributed by atoms with van der Waals surface area (Å²) in [4.78, 5) is 15.4. The minimum Gasteiger partial charge on any atom is -0.364 e. The van der Waals surface area contributed by atoms with Crippen LogP contribution in [-0.4, -0.2) is 43.9 Å². The van der Waals surface area contributed by atoms with Crippen LogP contribution in [0.1, 0.15) is 49.1 Å². The molecule has 0 amide bonds. The van der Waals surface area contributed by atoms with Crippen molar-refractivity contribution in [1.29, 1.82) is 0 Å². The number of aromatic amines is 1. The predicted molar refractivity (Wildman–Crippen MR) is 176 cm³/mol. The average molecular weight is 588 g/mol. The van der Waals surface area contributed by atoms with Crippen LogP contribution in [0.5, 0.6) is 0 Å². The number of ether oxygens (including phenoxy) is 2. The van der Waals surface area contributed by atoms with E-state index in [1.807, 2.05) is 38.1 Å². The van der Waals surface area contributed by atoms with Crippen molar-refractivity contribution in [3.05, 3.63) is 138 Å². The Labute approximate surface area is 260 Å². The third-order valence-corrected chi connectivity index (χ3v) is 8.46. The summed E-state index contributed by atoms with van der Waals surface area (Å²) in [5, 5.41) is 3.50. The van der Waals surface area contributed by atoms with Crippen LogP contribution in [0.2, 0.25) is 0 Å². The van der Waals surface area contributed by atoms with Crippen molar-refractivity contribution in [2.45, 2.75) is 70.4 Å². The van der Waals surface area contributed by atoms with Gasteiger partial charge in [-0.15, -0.1) is 6.58 Å². The molecule has 0 saturated carbocycles. The molecule has 2 aromatic heterocycles. The highest BCUT2D eigenvalue weighted by molar-refractivity contribution is 5.88. The summed E-state index contributed by atoms with van der Waals surface area (Å²) in [6.07, 6.45) is 5.76. The summed E-state index contributed by atoms with van der Waals surface area (Å²) in [7, 11) is 0. The lowest BCUT2D eigenvalue weighted by Crippen LogP contribution is -2.49. The molecule has 0 aliphatic carbocycles. The third kappa shape index (κ3) is 6.60. The van der Waals surface area contributed by atoms with Gasteiger partial charge >= 0.3 is 0 Å². The van der Waals surface area contributed by atoms with Crippen LogP contribution in [0.3, 0.4) is 0 Å². The Hall–Kier alpha value is -4.30. The fourth-order valence-corrected chi connectivity index (χ4v) is 6.27. The number of hydrogen-bond donors (Lipinski definition) is 2. The maximum Gasteiger partial charge on any atom is 0.164 e. The van der Waals surface area contributed by atoms with Gasteiger partial charge in [-0.05, 0) is 49.4 Å². The Balaban J connectivity index is 1.39. The normalized spacial score (nSPS) is 19.2. The molecule has 0 unspecified atom stereocenters. The number of rotatable bonds is 12. The minimum atomic E-state index is -0.729. The third-order valence-electron chi connectivity index (χ3n) is 8.46. The topological polar surface area (TPSA) is 75.3 Å². The Morgan fingerprint density at radius 3 is 2.27 bits per heavy atom. The van der Waals surface area contributed by atoms with E-state index >= 15 is 0 Å². The molecule has 6 rings (SSSR count). The first-order valence-corrected chi connectivity index (χ1v) is 15.3. The lowest BCUT2D eigenvalue weighted by atomic mass is 9.93. The van der Waals surface area contributed by atoms with E-state index in [2.05, 4.69) is 113 Å². The van der Waals surface area contributed by atoms with Gasteiger partial charge in [0.2, 0.25) is 0 Å². The number of fused-ring (bicyclic) bond motifs is 1. The van der Waals surface area contributed by atoms with Crippen molar-refractivity contribution < 1.29 is 9.47 Å². The zero-order chi connectivity index (χ0) is 30.5. The van der Waals surface area contributed by atoms with E-state index in [1.165, 1.54) is 16.7 Å². The van der Waals surface area contributed by atoms with E-state index in [1.54, 1.807) is 6.33 Å². The molecule has 3 aromatic carbocycles. The highest BCUT2D eigenvalue weighted by Gasteiger charge is 2.46. The van der Waals surface area contributed by atoms with Gasteiger partial charge in [-0.3, -0.25) is 4.90 Å². The van der Waals surface area contributed by atoms with Gasteiger partial charge in [0.25, 0.3) is 0 Å². The molecule has 7 nitrogen and oxygen atoms in total. The van der Waals surface area contributed by atoms with Crippen LogP contribution in [0.4, 0.5) is 5.82 Å². The van der Waals surface area contributed by atoms with Gasteiger partial charge in [-0.25, -0.2) is 9.97 Å². The monoisotopic (exact) mass is 587 g/mol. The van der Waals surface area contributed by atoms with Gasteiger partial charge in [0.1, 0.15) is 24.1 Å². The zero-order valence-corrected chi connectivity index (χ0v) is 25.7. The standard InChI is InChI=1S/C37H41N5O2/c1-5-32-35(44-37(3,4)43-32)31(42(24-28-17-11-7-12-18-28)26(2)29-19-13-8-14-20-29)21-30-23-38-34-33(30)40-25-41-36(34)39-22-27-15-9-6-10-16-27/h5-20,23,25-26,31-32,35,38H,1,21-22,24H2,2-4H3,(H,39,40,41)/t26-,31+,32-,35+/m1/s1. The average Bonchev–Trinajstić information content (AvgIpc) is 3.62. The molecule has 7 heteroatoms. The molecule has 44 heavy (non-hydrogen) atoms. The largest absolute Gasteiger partial charge is 0.364 e. The second kappa shape index (κ2) is 13.1. The van der Waals surface area contributed by atoms with Gasteiger partial charge < -0.3 is 19.8 Å². The first-order valence-electron chi connectivity index (χ1n) is 15.3. The van der Waals surface area contributed by atoms with Crippen LogP contribution < -0.4 is 5.32 Å². The molecule has 5 aromatic rings. The minimum absolute atomic E-state index is 0.0649. The quantitative estimate of drug-likeness (QED) is 0.148. The number of benzene rings is 3. The van der Waals surface area contributed by atoms with Crippen LogP contribution in [0.15, 0.2) is 116 Å². The molecule has 1 saturated heterocycles. The van der Waals surface area contributed by atoms with Crippen molar-refractivity contribution in [3.8, 4) is 0 Å². The predicted octanol–water partition coefficient (Wildman–Crippen LogP) is 7.45. The first kappa shape index (κ1) is 29.8. The Bertz CT molecular complexity index is 1660. The molecule has 3 heterocycles. The molecule has 0 bridgehead atoms. The summed E-state index contributed by atoms with van der Waals surface area (Å²) in [5.41, 5.74) is 6.57. The van der Waals surface area contributed by atoms with E-state index in [9.17, 15) is 0 Å². The van der Waals surface area contributed by atoms with Gasteiger partial charge in [-0.1, -0.05) is 97.1 Å². The van der Waals surface area contributed by atoms with Crippen molar-refractivity contribution in [1.82, 2.24) is 19.9 Å². The number of H-pyrrole nitrogens is 1. The lowest BCUT2D eigenvalue weighted by molar-refractivity contribution is -0.151. The van der Waals surface area contributed by atoms with Crippen LogP contribution in [-0.2, 0) is 29.0 Å². The zero-order valence-electron chi connectivity index (χ0n) is 25.7. The van der Waals surface area contributed by atoms with E-state index < -0.39 is 5.79 Å². The van der Waals surface area contributed by atoms with Crippen molar-refractivity contribution in [2.24, 2.45) is 0 Å². The van der Waals surface area contributed by atoms with Gasteiger partial charge in [-0.2, -0.15) is 0 Å². The van der Waals surface area contributed by atoms with E-state index in [-0.39, 0.29) is 24.3 Å². The lowest BCUT2D eigenvalue weighted by Gasteiger charge is -2.40. The molecule has 2 N–H and O–H groups in total. The number of anilines is 1. The number of aromatic nitrogens is 3. The summed E-state index contributed by atoms with van der Waals surface area (Å²) in [5.74, 6) is 0.0543. The maximum atomic E-state index is 6.70.